The first-order chi connectivity index (χ1) is 10.0. The Kier molecular flexibility index (Phi) is 3.73. The van der Waals surface area contributed by atoms with Gasteiger partial charge in [-0.3, -0.25) is 4.57 Å². The second-order valence-corrected chi connectivity index (χ2v) is 4.63. The SMILES string of the molecule is Cn1c(C(F)(F)F)cc(=O)n(-c2c(F)cc(Cl)c[n+]2[O-])c1=O. The molecule has 0 aliphatic rings. The summed E-state index contributed by atoms with van der Waals surface area (Å²) in [5.41, 5.74) is -4.54. The van der Waals surface area contributed by atoms with Crippen LogP contribution in [0.5, 0.6) is 0 Å². The van der Waals surface area contributed by atoms with Gasteiger partial charge in [0.05, 0.1) is 11.1 Å². The minimum Gasteiger partial charge on any atom is -0.710 e. The van der Waals surface area contributed by atoms with Gasteiger partial charge in [-0.05, 0) is 0 Å². The lowest BCUT2D eigenvalue weighted by Crippen LogP contribution is -2.47. The summed E-state index contributed by atoms with van der Waals surface area (Å²) >= 11 is 5.43. The summed E-state index contributed by atoms with van der Waals surface area (Å²) in [4.78, 5) is 23.7. The lowest BCUT2D eigenvalue weighted by Gasteiger charge is -2.13. The highest BCUT2D eigenvalue weighted by atomic mass is 35.5. The van der Waals surface area contributed by atoms with Crippen LogP contribution in [0.15, 0.2) is 27.9 Å². The molecule has 0 amide bonds. The molecule has 22 heavy (non-hydrogen) atoms. The fourth-order valence-electron chi connectivity index (χ4n) is 1.80. The summed E-state index contributed by atoms with van der Waals surface area (Å²) in [5, 5.41) is 11.3. The summed E-state index contributed by atoms with van der Waals surface area (Å²) < 4.78 is 51.7. The normalized spacial score (nSPS) is 11.7. The topological polar surface area (TPSA) is 70.9 Å². The Morgan fingerprint density at radius 2 is 1.86 bits per heavy atom. The third-order valence-corrected chi connectivity index (χ3v) is 2.96. The quantitative estimate of drug-likeness (QED) is 0.442. The van der Waals surface area contributed by atoms with Crippen LogP contribution in [0.2, 0.25) is 5.02 Å². The van der Waals surface area contributed by atoms with Crippen molar-refractivity contribution in [1.82, 2.24) is 9.13 Å². The monoisotopic (exact) mass is 339 g/mol. The van der Waals surface area contributed by atoms with E-state index in [9.17, 15) is 32.4 Å². The van der Waals surface area contributed by atoms with Crippen LogP contribution in [-0.4, -0.2) is 9.13 Å². The highest BCUT2D eigenvalue weighted by molar-refractivity contribution is 6.30. The fourth-order valence-corrected chi connectivity index (χ4v) is 1.98. The molecule has 0 spiro atoms. The molecule has 0 N–H and O–H groups in total. The number of halogens is 5. The van der Waals surface area contributed by atoms with Gasteiger partial charge in [0.15, 0.2) is 0 Å². The molecule has 2 aromatic rings. The van der Waals surface area contributed by atoms with Crippen LogP contribution in [0.3, 0.4) is 0 Å². The molecule has 6 nitrogen and oxygen atoms in total. The van der Waals surface area contributed by atoms with Crippen LogP contribution in [0, 0.1) is 11.0 Å². The first kappa shape index (κ1) is 16.0. The van der Waals surface area contributed by atoms with Crippen LogP contribution in [-0.2, 0) is 13.2 Å². The fraction of sp³-hybridized carbons (Fsp3) is 0.182. The number of rotatable bonds is 1. The number of nitrogens with zero attached hydrogens (tertiary/aromatic N) is 3. The molecule has 0 aliphatic carbocycles. The van der Waals surface area contributed by atoms with Gasteiger partial charge in [-0.1, -0.05) is 11.6 Å². The average Bonchev–Trinajstić information content (AvgIpc) is 2.35. The lowest BCUT2D eigenvalue weighted by atomic mass is 10.3. The van der Waals surface area contributed by atoms with Gasteiger partial charge < -0.3 is 5.21 Å². The maximum atomic E-state index is 13.8. The van der Waals surface area contributed by atoms with Crippen LogP contribution in [0.1, 0.15) is 5.69 Å². The van der Waals surface area contributed by atoms with Crippen LogP contribution >= 0.6 is 11.6 Å². The highest BCUT2D eigenvalue weighted by Gasteiger charge is 2.37. The van der Waals surface area contributed by atoms with Gasteiger partial charge in [0.2, 0.25) is 5.82 Å². The Labute approximate surface area is 124 Å². The van der Waals surface area contributed by atoms with Crippen molar-refractivity contribution >= 4 is 11.6 Å². The Bertz CT molecular complexity index is 849. The molecular weight excluding hydrogens is 334 g/mol. The zero-order chi connectivity index (χ0) is 16.8. The van der Waals surface area contributed by atoms with Gasteiger partial charge in [0.25, 0.3) is 0 Å². The molecule has 0 radical (unpaired) electrons. The number of hydrogen-bond donors (Lipinski definition) is 0. The van der Waals surface area contributed by atoms with Crippen LogP contribution in [0.25, 0.3) is 5.82 Å². The zero-order valence-corrected chi connectivity index (χ0v) is 11.4. The smallest absolute Gasteiger partial charge is 0.431 e. The third-order valence-electron chi connectivity index (χ3n) is 2.75. The molecule has 2 aromatic heterocycles. The predicted octanol–water partition coefficient (Wildman–Crippen LogP) is 0.981. The molecule has 0 aliphatic heterocycles. The van der Waals surface area contributed by atoms with Crippen molar-refractivity contribution in [3.63, 3.8) is 0 Å². The van der Waals surface area contributed by atoms with Crippen LogP contribution in [0.4, 0.5) is 17.6 Å². The van der Waals surface area contributed by atoms with E-state index in [1.807, 2.05) is 0 Å². The summed E-state index contributed by atoms with van der Waals surface area (Å²) in [6, 6.07) is 0.740. The minimum absolute atomic E-state index is 0.00605. The van der Waals surface area contributed by atoms with E-state index in [-0.39, 0.29) is 25.0 Å². The molecule has 0 atom stereocenters. The number of pyridine rings is 1. The molecule has 0 aromatic carbocycles. The van der Waals surface area contributed by atoms with Crippen molar-refractivity contribution in [2.75, 3.05) is 0 Å². The summed E-state index contributed by atoms with van der Waals surface area (Å²) in [6.45, 7) is 0. The lowest BCUT2D eigenvalue weighted by molar-refractivity contribution is -0.601. The van der Waals surface area contributed by atoms with E-state index in [0.717, 1.165) is 7.05 Å². The van der Waals surface area contributed by atoms with Crippen molar-refractivity contribution < 1.29 is 22.3 Å². The first-order valence-electron chi connectivity index (χ1n) is 5.53. The van der Waals surface area contributed by atoms with E-state index in [1.165, 1.54) is 0 Å². The average molecular weight is 340 g/mol. The molecule has 0 saturated heterocycles. The third kappa shape index (κ3) is 2.56. The van der Waals surface area contributed by atoms with Crippen molar-refractivity contribution in [2.24, 2.45) is 7.05 Å². The molecule has 11 heteroatoms. The number of alkyl halides is 3. The molecule has 0 saturated carbocycles. The molecule has 0 fully saturated rings. The second kappa shape index (κ2) is 5.13. The second-order valence-electron chi connectivity index (χ2n) is 4.20. The molecule has 0 bridgehead atoms. The summed E-state index contributed by atoms with van der Waals surface area (Å²) in [5.74, 6) is -2.40. The maximum Gasteiger partial charge on any atom is 0.431 e. The van der Waals surface area contributed by atoms with E-state index in [2.05, 4.69) is 0 Å². The van der Waals surface area contributed by atoms with Crippen molar-refractivity contribution in [2.45, 2.75) is 6.18 Å². The maximum absolute atomic E-state index is 13.8. The molecule has 118 valence electrons. The first-order valence-corrected chi connectivity index (χ1v) is 5.90. The van der Waals surface area contributed by atoms with Gasteiger partial charge in [-0.25, -0.2) is 14.3 Å². The Balaban J connectivity index is 2.89. The zero-order valence-electron chi connectivity index (χ0n) is 10.7. The number of hydrogen-bond acceptors (Lipinski definition) is 3. The van der Waals surface area contributed by atoms with E-state index in [1.54, 1.807) is 0 Å². The Morgan fingerprint density at radius 3 is 2.36 bits per heavy atom. The summed E-state index contributed by atoms with van der Waals surface area (Å²) in [6.07, 6.45) is -4.30. The van der Waals surface area contributed by atoms with Gasteiger partial charge in [0, 0.05) is 13.1 Å². The van der Waals surface area contributed by atoms with E-state index in [4.69, 9.17) is 11.6 Å². The molecule has 0 unspecified atom stereocenters. The van der Waals surface area contributed by atoms with Crippen molar-refractivity contribution in [3.8, 4) is 5.82 Å². The Morgan fingerprint density at radius 1 is 1.27 bits per heavy atom. The highest BCUT2D eigenvalue weighted by Crippen LogP contribution is 2.26. The largest absolute Gasteiger partial charge is 0.710 e. The van der Waals surface area contributed by atoms with E-state index >= 15 is 0 Å². The van der Waals surface area contributed by atoms with E-state index in [0.29, 0.717) is 12.3 Å². The molecule has 2 rings (SSSR count). The standard InChI is InChI=1S/C11H6ClF4N3O3/c1-17-7(11(14,15)16)3-8(20)19(10(17)21)9-6(13)2-5(12)4-18(9)22/h2-4H,1H3. The number of aromatic nitrogens is 3. The van der Waals surface area contributed by atoms with Crippen molar-refractivity contribution in [3.05, 3.63) is 60.9 Å². The van der Waals surface area contributed by atoms with Gasteiger partial charge >= 0.3 is 23.2 Å². The van der Waals surface area contributed by atoms with Gasteiger partial charge in [-0.15, -0.1) is 4.57 Å². The Hall–Kier alpha value is -2.36. The summed E-state index contributed by atoms with van der Waals surface area (Å²) in [7, 11) is 0.740. The minimum atomic E-state index is -4.96. The van der Waals surface area contributed by atoms with Crippen LogP contribution < -0.4 is 16.0 Å². The van der Waals surface area contributed by atoms with E-state index < -0.39 is 34.8 Å². The molecular formula is C11H6ClF4N3O3. The van der Waals surface area contributed by atoms with Crippen molar-refractivity contribution in [1.29, 1.82) is 0 Å². The van der Waals surface area contributed by atoms with Gasteiger partial charge in [0.1, 0.15) is 11.9 Å². The predicted molar refractivity (Wildman–Crippen MR) is 66.2 cm³/mol. The van der Waals surface area contributed by atoms with Gasteiger partial charge in [-0.2, -0.15) is 17.6 Å². The molecule has 2 heterocycles.